The van der Waals surface area contributed by atoms with Crippen molar-refractivity contribution in [2.75, 3.05) is 23.3 Å². The van der Waals surface area contributed by atoms with Gasteiger partial charge in [0.05, 0.1) is 24.4 Å². The smallest absolute Gasteiger partial charge is 0.227 e. The number of carbonyl (C=O) groups excluding carboxylic acids is 1. The van der Waals surface area contributed by atoms with Crippen LogP contribution >= 0.6 is 0 Å². The van der Waals surface area contributed by atoms with E-state index in [1.54, 1.807) is 12.3 Å². The quantitative estimate of drug-likeness (QED) is 0.349. The van der Waals surface area contributed by atoms with E-state index in [-0.39, 0.29) is 17.9 Å². The minimum absolute atomic E-state index is 0.0200. The summed E-state index contributed by atoms with van der Waals surface area (Å²) in [6.45, 7) is 7.09. The Morgan fingerprint density at radius 2 is 2.05 bits per heavy atom. The van der Waals surface area contributed by atoms with Crippen molar-refractivity contribution in [3.63, 3.8) is 0 Å². The number of halogens is 1. The van der Waals surface area contributed by atoms with Crippen molar-refractivity contribution in [3.05, 3.63) is 65.6 Å². The molecule has 2 unspecified atom stereocenters. The molecule has 1 fully saturated rings. The van der Waals surface area contributed by atoms with Crippen LogP contribution in [0.3, 0.4) is 0 Å². The monoisotopic (exact) mass is 504 g/mol. The van der Waals surface area contributed by atoms with Crippen LogP contribution in [0.5, 0.6) is 0 Å². The van der Waals surface area contributed by atoms with Gasteiger partial charge < -0.3 is 15.5 Å². The van der Waals surface area contributed by atoms with E-state index < -0.39 is 5.82 Å². The average molecular weight is 505 g/mol. The Morgan fingerprint density at radius 3 is 2.76 bits per heavy atom. The summed E-state index contributed by atoms with van der Waals surface area (Å²) in [5.41, 5.74) is 2.63. The molecule has 4 aromatic rings. The van der Waals surface area contributed by atoms with Gasteiger partial charge in [0.2, 0.25) is 11.9 Å². The van der Waals surface area contributed by atoms with Gasteiger partial charge in [-0.15, -0.1) is 0 Å². The van der Waals surface area contributed by atoms with E-state index in [1.165, 1.54) is 10.9 Å². The number of nitrogens with zero attached hydrogens (tertiary/aromatic N) is 7. The summed E-state index contributed by atoms with van der Waals surface area (Å²) in [5.74, 6) is 1.80. The maximum Gasteiger partial charge on any atom is 0.227 e. The van der Waals surface area contributed by atoms with Crippen molar-refractivity contribution in [1.29, 1.82) is 0 Å². The number of piperidine rings is 1. The fourth-order valence-electron chi connectivity index (χ4n) is 4.37. The van der Waals surface area contributed by atoms with Crippen molar-refractivity contribution in [2.24, 2.45) is 5.92 Å². The SMILES string of the molecule is Cc1cc(Nc2cc(C)[nH]n2)nc(N2CCCC(C(=O)NC(C)c3ccc(-n4cc(F)cn4)nc3)C2)n1. The van der Waals surface area contributed by atoms with Gasteiger partial charge in [-0.25, -0.2) is 19.0 Å². The highest BCUT2D eigenvalue weighted by molar-refractivity contribution is 5.80. The second-order valence-electron chi connectivity index (χ2n) is 9.32. The number of hydrogen-bond acceptors (Lipinski definition) is 8. The van der Waals surface area contributed by atoms with Gasteiger partial charge in [0.1, 0.15) is 5.82 Å². The molecule has 4 aromatic heterocycles. The molecule has 1 saturated heterocycles. The lowest BCUT2D eigenvalue weighted by Gasteiger charge is -2.33. The molecule has 0 aromatic carbocycles. The van der Waals surface area contributed by atoms with Gasteiger partial charge in [0.25, 0.3) is 0 Å². The van der Waals surface area contributed by atoms with Crippen LogP contribution in [0, 0.1) is 25.6 Å². The van der Waals surface area contributed by atoms with Crippen molar-refractivity contribution >= 4 is 23.5 Å². The molecular weight excluding hydrogens is 475 g/mol. The van der Waals surface area contributed by atoms with Crippen LogP contribution in [-0.4, -0.2) is 53.9 Å². The lowest BCUT2D eigenvalue weighted by atomic mass is 9.96. The zero-order chi connectivity index (χ0) is 25.9. The Kier molecular flexibility index (Phi) is 6.80. The topological polar surface area (TPSA) is 130 Å². The molecule has 5 heterocycles. The van der Waals surface area contributed by atoms with Gasteiger partial charge >= 0.3 is 0 Å². The van der Waals surface area contributed by atoms with Gasteiger partial charge in [0, 0.05) is 42.8 Å². The lowest BCUT2D eigenvalue weighted by Crippen LogP contribution is -2.44. The fourth-order valence-corrected chi connectivity index (χ4v) is 4.37. The normalized spacial score (nSPS) is 16.4. The lowest BCUT2D eigenvalue weighted by molar-refractivity contribution is -0.125. The molecule has 0 aliphatic carbocycles. The maximum absolute atomic E-state index is 13.2. The summed E-state index contributed by atoms with van der Waals surface area (Å²) in [5, 5.41) is 17.3. The first kappa shape index (κ1) is 24.3. The van der Waals surface area contributed by atoms with Gasteiger partial charge in [-0.05, 0) is 45.2 Å². The maximum atomic E-state index is 13.2. The molecule has 12 heteroatoms. The van der Waals surface area contributed by atoms with Crippen LogP contribution in [0.15, 0.2) is 42.9 Å². The van der Waals surface area contributed by atoms with Crippen LogP contribution in [0.4, 0.5) is 22.0 Å². The van der Waals surface area contributed by atoms with E-state index in [0.717, 1.165) is 42.5 Å². The predicted octanol–water partition coefficient (Wildman–Crippen LogP) is 3.37. The van der Waals surface area contributed by atoms with E-state index in [9.17, 15) is 9.18 Å². The van der Waals surface area contributed by atoms with Crippen LogP contribution in [-0.2, 0) is 4.79 Å². The molecule has 192 valence electrons. The number of anilines is 3. The van der Waals surface area contributed by atoms with Crippen molar-refractivity contribution in [1.82, 2.24) is 40.2 Å². The molecule has 0 saturated carbocycles. The molecule has 11 nitrogen and oxygen atoms in total. The Morgan fingerprint density at radius 1 is 1.19 bits per heavy atom. The van der Waals surface area contributed by atoms with Gasteiger partial charge in [-0.2, -0.15) is 15.2 Å². The molecule has 5 rings (SSSR count). The minimum atomic E-state index is -0.427. The molecule has 1 amide bonds. The van der Waals surface area contributed by atoms with Gasteiger partial charge in [-0.3, -0.25) is 9.89 Å². The number of hydrogen-bond donors (Lipinski definition) is 3. The van der Waals surface area contributed by atoms with E-state index in [4.69, 9.17) is 0 Å². The van der Waals surface area contributed by atoms with Gasteiger partial charge in [0.15, 0.2) is 17.5 Å². The van der Waals surface area contributed by atoms with Crippen molar-refractivity contribution in [3.8, 4) is 5.82 Å². The molecule has 0 bridgehead atoms. The number of aromatic amines is 1. The number of aromatic nitrogens is 7. The number of carbonyl (C=O) groups is 1. The Bertz CT molecular complexity index is 1380. The highest BCUT2D eigenvalue weighted by Gasteiger charge is 2.28. The highest BCUT2D eigenvalue weighted by atomic mass is 19.1. The molecule has 3 N–H and O–H groups in total. The Hall–Kier alpha value is -4.35. The summed E-state index contributed by atoms with van der Waals surface area (Å²) in [4.78, 5) is 28.9. The van der Waals surface area contributed by atoms with Crippen LogP contribution in [0.1, 0.15) is 42.8 Å². The summed E-state index contributed by atoms with van der Waals surface area (Å²) in [6, 6.07) is 7.14. The van der Waals surface area contributed by atoms with E-state index in [0.29, 0.717) is 29.9 Å². The number of rotatable bonds is 7. The van der Waals surface area contributed by atoms with Crippen LogP contribution < -0.4 is 15.5 Å². The number of aryl methyl sites for hydroxylation is 2. The minimum Gasteiger partial charge on any atom is -0.349 e. The number of amides is 1. The third-order valence-electron chi connectivity index (χ3n) is 6.29. The average Bonchev–Trinajstić information content (AvgIpc) is 3.51. The highest BCUT2D eigenvalue weighted by Crippen LogP contribution is 2.24. The zero-order valence-electron chi connectivity index (χ0n) is 20.9. The summed E-state index contributed by atoms with van der Waals surface area (Å²) >= 11 is 0. The van der Waals surface area contributed by atoms with E-state index >= 15 is 0 Å². The molecule has 1 aliphatic heterocycles. The third kappa shape index (κ3) is 5.74. The molecular formula is C25H29FN10O. The summed E-state index contributed by atoms with van der Waals surface area (Å²) < 4.78 is 14.6. The zero-order valence-corrected chi connectivity index (χ0v) is 20.9. The first-order valence-electron chi connectivity index (χ1n) is 12.2. The van der Waals surface area contributed by atoms with Crippen molar-refractivity contribution in [2.45, 2.75) is 39.7 Å². The first-order chi connectivity index (χ1) is 17.8. The van der Waals surface area contributed by atoms with Crippen molar-refractivity contribution < 1.29 is 9.18 Å². The summed E-state index contributed by atoms with van der Waals surface area (Å²) in [6.07, 6.45) is 5.72. The Labute approximate surface area is 213 Å². The standard InChI is InChI=1S/C25H29FN10O/c1-15-9-21(31-22-10-16(2)33-34-22)32-25(29-15)35-8-4-5-19(13-35)24(37)30-17(3)18-6-7-23(27-11-18)36-14-20(26)12-28-36/h6-7,9-12,14,17,19H,4-5,8,13H2,1-3H3,(H,30,37)(H2,29,31,32,33,34). The largest absolute Gasteiger partial charge is 0.349 e. The number of H-pyrrole nitrogens is 1. The second-order valence-corrected chi connectivity index (χ2v) is 9.32. The first-order valence-corrected chi connectivity index (χ1v) is 12.2. The number of nitrogens with one attached hydrogen (secondary N) is 3. The fraction of sp³-hybridized carbons (Fsp3) is 0.360. The summed E-state index contributed by atoms with van der Waals surface area (Å²) in [7, 11) is 0. The van der Waals surface area contributed by atoms with E-state index in [2.05, 4.69) is 45.8 Å². The Balaban J connectivity index is 1.22. The predicted molar refractivity (Wildman–Crippen MR) is 136 cm³/mol. The molecule has 2 atom stereocenters. The molecule has 0 radical (unpaired) electrons. The molecule has 1 aliphatic rings. The molecule has 0 spiro atoms. The van der Waals surface area contributed by atoms with Gasteiger partial charge in [-0.1, -0.05) is 6.07 Å². The van der Waals surface area contributed by atoms with E-state index in [1.807, 2.05) is 39.0 Å². The third-order valence-corrected chi connectivity index (χ3v) is 6.29. The van der Waals surface area contributed by atoms with Crippen LogP contribution in [0.2, 0.25) is 0 Å². The van der Waals surface area contributed by atoms with Crippen LogP contribution in [0.25, 0.3) is 5.82 Å². The molecule has 37 heavy (non-hydrogen) atoms. The number of pyridine rings is 1. The second kappa shape index (κ2) is 10.3.